The van der Waals surface area contributed by atoms with Crippen molar-refractivity contribution < 1.29 is 18.7 Å². The van der Waals surface area contributed by atoms with Crippen molar-refractivity contribution in [2.75, 3.05) is 0 Å². The smallest absolute Gasteiger partial charge is 0.240 e. The van der Waals surface area contributed by atoms with Crippen molar-refractivity contribution in [2.45, 2.75) is 18.9 Å². The minimum absolute atomic E-state index is 0.00205. The number of nitrogens with two attached hydrogens (primary N) is 1. The lowest BCUT2D eigenvalue weighted by atomic mass is 10.0. The molecular formula is C21H19FN4O3. The van der Waals surface area contributed by atoms with Gasteiger partial charge in [0.1, 0.15) is 23.4 Å². The molecule has 0 radical (unpaired) electrons. The minimum Gasteiger partial charge on any atom is -0.457 e. The number of nitrogens with one attached hydrogen (secondary N) is 1. The lowest BCUT2D eigenvalue weighted by Gasteiger charge is -2.16. The highest BCUT2D eigenvalue weighted by Gasteiger charge is 2.19. The van der Waals surface area contributed by atoms with Gasteiger partial charge in [-0.3, -0.25) is 19.6 Å². The number of benzene rings is 2. The summed E-state index contributed by atoms with van der Waals surface area (Å²) in [7, 11) is 0. The van der Waals surface area contributed by atoms with E-state index in [-0.39, 0.29) is 24.6 Å². The standard InChI is InChI=1S/C21H19FN4O3/c22-15-3-7-18(8-4-15)29-17-5-1-14(2-6-17)11-19(21(23)28)26-20(27)12-16-13-24-9-10-25-16/h1-10,13,19H,11-12H2,(H2,23,28)(H,26,27). The van der Waals surface area contributed by atoms with Gasteiger partial charge in [0.15, 0.2) is 0 Å². The van der Waals surface area contributed by atoms with Gasteiger partial charge in [0.2, 0.25) is 11.8 Å². The van der Waals surface area contributed by atoms with Gasteiger partial charge in [0.05, 0.1) is 12.1 Å². The van der Waals surface area contributed by atoms with Gasteiger partial charge in [-0.15, -0.1) is 0 Å². The third-order valence-electron chi connectivity index (χ3n) is 4.05. The number of carbonyl (C=O) groups excluding carboxylic acids is 2. The third-order valence-corrected chi connectivity index (χ3v) is 4.05. The summed E-state index contributed by atoms with van der Waals surface area (Å²) in [6, 6.07) is 11.8. The van der Waals surface area contributed by atoms with E-state index in [1.165, 1.54) is 42.9 Å². The number of carbonyl (C=O) groups is 2. The van der Waals surface area contributed by atoms with Crippen LogP contribution in [0.5, 0.6) is 11.5 Å². The maximum Gasteiger partial charge on any atom is 0.240 e. The van der Waals surface area contributed by atoms with E-state index in [9.17, 15) is 14.0 Å². The maximum absolute atomic E-state index is 12.9. The first-order valence-electron chi connectivity index (χ1n) is 8.85. The van der Waals surface area contributed by atoms with Gasteiger partial charge in [-0.2, -0.15) is 0 Å². The number of aromatic nitrogens is 2. The van der Waals surface area contributed by atoms with Crippen LogP contribution in [0, 0.1) is 5.82 Å². The van der Waals surface area contributed by atoms with E-state index in [1.54, 1.807) is 24.3 Å². The van der Waals surface area contributed by atoms with Gasteiger partial charge in [0.25, 0.3) is 0 Å². The molecule has 2 amide bonds. The lowest BCUT2D eigenvalue weighted by Crippen LogP contribution is -2.46. The molecule has 0 fully saturated rings. The quantitative estimate of drug-likeness (QED) is 0.609. The summed E-state index contributed by atoms with van der Waals surface area (Å²) in [5.41, 5.74) is 6.72. The number of rotatable bonds is 8. The Balaban J connectivity index is 1.59. The van der Waals surface area contributed by atoms with Gasteiger partial charge < -0.3 is 15.8 Å². The Kier molecular flexibility index (Phi) is 6.47. The van der Waals surface area contributed by atoms with E-state index in [4.69, 9.17) is 10.5 Å². The Morgan fingerprint density at radius 1 is 1.03 bits per heavy atom. The molecule has 1 unspecified atom stereocenters. The molecule has 1 heterocycles. The van der Waals surface area contributed by atoms with Crippen molar-refractivity contribution in [2.24, 2.45) is 5.73 Å². The summed E-state index contributed by atoms with van der Waals surface area (Å²) in [6.07, 6.45) is 4.72. The number of nitrogens with zero attached hydrogens (tertiary/aromatic N) is 2. The molecule has 8 heteroatoms. The zero-order chi connectivity index (χ0) is 20.6. The lowest BCUT2D eigenvalue weighted by molar-refractivity contribution is -0.127. The molecule has 0 aliphatic carbocycles. The first-order valence-corrected chi connectivity index (χ1v) is 8.85. The van der Waals surface area contributed by atoms with Crippen molar-refractivity contribution >= 4 is 11.8 Å². The topological polar surface area (TPSA) is 107 Å². The van der Waals surface area contributed by atoms with Crippen LogP contribution in [-0.2, 0) is 22.4 Å². The van der Waals surface area contributed by atoms with Crippen LogP contribution in [0.4, 0.5) is 4.39 Å². The fraction of sp³-hybridized carbons (Fsp3) is 0.143. The second kappa shape index (κ2) is 9.41. The molecule has 148 valence electrons. The first kappa shape index (κ1) is 19.9. The highest BCUT2D eigenvalue weighted by Crippen LogP contribution is 2.22. The highest BCUT2D eigenvalue weighted by atomic mass is 19.1. The van der Waals surface area contributed by atoms with Gasteiger partial charge in [-0.1, -0.05) is 12.1 Å². The zero-order valence-corrected chi connectivity index (χ0v) is 15.4. The molecule has 3 rings (SSSR count). The van der Waals surface area contributed by atoms with Crippen LogP contribution in [0.1, 0.15) is 11.3 Å². The number of hydrogen-bond donors (Lipinski definition) is 2. The number of primary amides is 1. The Morgan fingerprint density at radius 2 is 1.69 bits per heavy atom. The summed E-state index contributed by atoms with van der Waals surface area (Å²) in [6.45, 7) is 0. The van der Waals surface area contributed by atoms with E-state index in [2.05, 4.69) is 15.3 Å². The van der Waals surface area contributed by atoms with Gasteiger partial charge in [-0.05, 0) is 42.0 Å². The average molecular weight is 394 g/mol. The van der Waals surface area contributed by atoms with Crippen molar-refractivity contribution in [3.63, 3.8) is 0 Å². The molecule has 7 nitrogen and oxygen atoms in total. The van der Waals surface area contributed by atoms with Crippen molar-refractivity contribution in [3.8, 4) is 11.5 Å². The second-order valence-electron chi connectivity index (χ2n) is 6.30. The van der Waals surface area contributed by atoms with Crippen LogP contribution in [0.3, 0.4) is 0 Å². The number of amides is 2. The molecule has 0 spiro atoms. The molecule has 0 saturated heterocycles. The first-order chi connectivity index (χ1) is 14.0. The van der Waals surface area contributed by atoms with Crippen molar-refractivity contribution in [3.05, 3.63) is 84.2 Å². The fourth-order valence-electron chi connectivity index (χ4n) is 2.62. The van der Waals surface area contributed by atoms with Crippen LogP contribution < -0.4 is 15.8 Å². The van der Waals surface area contributed by atoms with Crippen molar-refractivity contribution in [1.82, 2.24) is 15.3 Å². The minimum atomic E-state index is -0.858. The third kappa shape index (κ3) is 6.10. The van der Waals surface area contributed by atoms with E-state index in [0.29, 0.717) is 17.2 Å². The molecule has 0 bridgehead atoms. The molecule has 0 saturated carbocycles. The van der Waals surface area contributed by atoms with Crippen molar-refractivity contribution in [1.29, 1.82) is 0 Å². The zero-order valence-electron chi connectivity index (χ0n) is 15.4. The largest absolute Gasteiger partial charge is 0.457 e. The van der Waals surface area contributed by atoms with Gasteiger partial charge >= 0.3 is 0 Å². The molecule has 29 heavy (non-hydrogen) atoms. The summed E-state index contributed by atoms with van der Waals surface area (Å²) >= 11 is 0. The highest BCUT2D eigenvalue weighted by molar-refractivity contribution is 5.87. The molecule has 0 aliphatic heterocycles. The van der Waals surface area contributed by atoms with E-state index < -0.39 is 11.9 Å². The van der Waals surface area contributed by atoms with Crippen LogP contribution in [-0.4, -0.2) is 27.8 Å². The van der Waals surface area contributed by atoms with Crippen LogP contribution >= 0.6 is 0 Å². The van der Waals surface area contributed by atoms with E-state index in [1.807, 2.05) is 0 Å². The molecule has 1 atom stereocenters. The van der Waals surface area contributed by atoms with E-state index >= 15 is 0 Å². The van der Waals surface area contributed by atoms with E-state index in [0.717, 1.165) is 5.56 Å². The van der Waals surface area contributed by atoms with Gasteiger partial charge in [-0.25, -0.2) is 4.39 Å². The predicted molar refractivity (Wildman–Crippen MR) is 103 cm³/mol. The normalized spacial score (nSPS) is 11.5. The van der Waals surface area contributed by atoms with Gasteiger partial charge in [0, 0.05) is 25.0 Å². The maximum atomic E-state index is 12.9. The number of ether oxygens (including phenoxy) is 1. The predicted octanol–water partition coefficient (Wildman–Crippen LogP) is 2.16. The molecular weight excluding hydrogens is 375 g/mol. The molecule has 0 aliphatic rings. The summed E-state index contributed by atoms with van der Waals surface area (Å²) < 4.78 is 18.6. The monoisotopic (exact) mass is 394 g/mol. The molecule has 3 aromatic rings. The summed E-state index contributed by atoms with van der Waals surface area (Å²) in [5, 5.41) is 2.63. The van der Waals surface area contributed by atoms with Crippen LogP contribution in [0.2, 0.25) is 0 Å². The molecule has 2 aromatic carbocycles. The Morgan fingerprint density at radius 3 is 2.28 bits per heavy atom. The Hall–Kier alpha value is -3.81. The number of hydrogen-bond acceptors (Lipinski definition) is 5. The Labute approximate surface area is 166 Å². The average Bonchev–Trinajstić information content (AvgIpc) is 2.71. The fourth-order valence-corrected chi connectivity index (χ4v) is 2.62. The molecule has 3 N–H and O–H groups in total. The van der Waals surface area contributed by atoms with Crippen LogP contribution in [0.25, 0.3) is 0 Å². The summed E-state index contributed by atoms with van der Waals surface area (Å²) in [5.74, 6) is -0.283. The van der Waals surface area contributed by atoms with Crippen LogP contribution in [0.15, 0.2) is 67.1 Å². The SMILES string of the molecule is NC(=O)C(Cc1ccc(Oc2ccc(F)cc2)cc1)NC(=O)Cc1cnccn1. The summed E-state index contributed by atoms with van der Waals surface area (Å²) in [4.78, 5) is 31.8. The molecule has 1 aromatic heterocycles. The number of halogens is 1. The second-order valence-corrected chi connectivity index (χ2v) is 6.30. The Bertz CT molecular complexity index is 963.